The van der Waals surface area contributed by atoms with Crippen LogP contribution in [-0.4, -0.2) is 73.3 Å². The molecule has 148 valence electrons. The number of hydrogen-bond acceptors (Lipinski definition) is 5. The van der Waals surface area contributed by atoms with Crippen LogP contribution in [0.4, 0.5) is 0 Å². The van der Waals surface area contributed by atoms with Gasteiger partial charge in [-0.3, -0.25) is 9.59 Å². The van der Waals surface area contributed by atoms with E-state index in [4.69, 9.17) is 4.74 Å². The summed E-state index contributed by atoms with van der Waals surface area (Å²) in [7, 11) is -3.29. The molecule has 2 saturated heterocycles. The van der Waals surface area contributed by atoms with Crippen molar-refractivity contribution in [2.24, 2.45) is 5.92 Å². The zero-order chi connectivity index (χ0) is 19.8. The molecular formula is C19H26N2O5S. The summed E-state index contributed by atoms with van der Waals surface area (Å²) in [6.07, 6.45) is 0. The summed E-state index contributed by atoms with van der Waals surface area (Å²) in [4.78, 5) is 28.8. The minimum Gasteiger partial charge on any atom is -0.494 e. The first kappa shape index (κ1) is 19.7. The lowest BCUT2D eigenvalue weighted by atomic mass is 10.0. The summed E-state index contributed by atoms with van der Waals surface area (Å²) in [5, 5.41) is 0. The summed E-state index contributed by atoms with van der Waals surface area (Å²) in [5.74, 6) is 0.0352. The van der Waals surface area contributed by atoms with Crippen LogP contribution in [0.1, 0.15) is 31.1 Å². The third-order valence-electron chi connectivity index (χ3n) is 5.13. The lowest BCUT2D eigenvalue weighted by molar-refractivity contribution is -0.139. The molecule has 0 radical (unpaired) electrons. The Kier molecular flexibility index (Phi) is 5.46. The van der Waals surface area contributed by atoms with E-state index in [0.717, 1.165) is 0 Å². The number of nitrogens with zero attached hydrogens (tertiary/aromatic N) is 2. The minimum absolute atomic E-state index is 0.0599. The van der Waals surface area contributed by atoms with Gasteiger partial charge in [-0.2, -0.15) is 0 Å². The third kappa shape index (κ3) is 3.95. The molecule has 0 spiro atoms. The van der Waals surface area contributed by atoms with Crippen molar-refractivity contribution in [1.82, 2.24) is 9.80 Å². The normalized spacial score (nSPS) is 24.0. The Morgan fingerprint density at radius 3 is 2.19 bits per heavy atom. The molecule has 2 aliphatic heterocycles. The van der Waals surface area contributed by atoms with Gasteiger partial charge in [0.05, 0.1) is 30.2 Å². The molecule has 0 saturated carbocycles. The van der Waals surface area contributed by atoms with Crippen molar-refractivity contribution in [3.63, 3.8) is 0 Å². The molecular weight excluding hydrogens is 368 g/mol. The number of amides is 2. The van der Waals surface area contributed by atoms with Crippen LogP contribution in [0.25, 0.3) is 0 Å². The molecule has 2 heterocycles. The molecule has 8 heteroatoms. The molecule has 27 heavy (non-hydrogen) atoms. The van der Waals surface area contributed by atoms with Gasteiger partial charge in [0, 0.05) is 24.6 Å². The monoisotopic (exact) mass is 394 g/mol. The van der Waals surface area contributed by atoms with Gasteiger partial charge in [-0.25, -0.2) is 8.42 Å². The molecule has 0 N–H and O–H groups in total. The molecule has 0 aromatic heterocycles. The van der Waals surface area contributed by atoms with Crippen LogP contribution in [0.3, 0.4) is 0 Å². The molecule has 2 aliphatic rings. The van der Waals surface area contributed by atoms with Crippen molar-refractivity contribution in [2.45, 2.75) is 32.9 Å². The van der Waals surface area contributed by atoms with Crippen LogP contribution in [0.5, 0.6) is 5.75 Å². The van der Waals surface area contributed by atoms with Gasteiger partial charge in [-0.05, 0) is 31.2 Å². The maximum absolute atomic E-state index is 13.0. The molecule has 1 aromatic carbocycles. The lowest BCUT2D eigenvalue weighted by Crippen LogP contribution is -2.62. The highest BCUT2D eigenvalue weighted by Gasteiger charge is 2.49. The molecule has 0 unspecified atom stereocenters. The van der Waals surface area contributed by atoms with Crippen molar-refractivity contribution >= 4 is 21.7 Å². The Morgan fingerprint density at radius 1 is 1.07 bits per heavy atom. The number of rotatable bonds is 4. The molecule has 3 rings (SSSR count). The third-order valence-corrected chi connectivity index (χ3v) is 6.82. The number of ether oxygens (including phenoxy) is 1. The van der Waals surface area contributed by atoms with Gasteiger partial charge in [0.25, 0.3) is 5.91 Å². The fraction of sp³-hybridized carbons (Fsp3) is 0.579. The van der Waals surface area contributed by atoms with Crippen molar-refractivity contribution in [3.8, 4) is 5.75 Å². The SMILES string of the molecule is CCOc1ccc(C(=O)N2CCN(C(=O)C(C)C)[C@@H]3CS(=O)(=O)C[C@@H]32)cc1. The first-order valence-electron chi connectivity index (χ1n) is 9.28. The molecule has 7 nitrogen and oxygen atoms in total. The Balaban J connectivity index is 1.84. The molecule has 0 aliphatic carbocycles. The van der Waals surface area contributed by atoms with Gasteiger partial charge in [-0.1, -0.05) is 13.8 Å². The Labute approximate surface area is 160 Å². The second-order valence-electron chi connectivity index (χ2n) is 7.35. The average Bonchev–Trinajstić information content (AvgIpc) is 2.95. The van der Waals surface area contributed by atoms with E-state index >= 15 is 0 Å². The minimum atomic E-state index is -3.29. The predicted octanol–water partition coefficient (Wildman–Crippen LogP) is 1.19. The quantitative estimate of drug-likeness (QED) is 0.766. The number of piperazine rings is 1. The van der Waals surface area contributed by atoms with E-state index < -0.39 is 21.9 Å². The predicted molar refractivity (Wildman–Crippen MR) is 101 cm³/mol. The van der Waals surface area contributed by atoms with Gasteiger partial charge in [0.2, 0.25) is 5.91 Å². The summed E-state index contributed by atoms with van der Waals surface area (Å²) in [5.41, 5.74) is 0.491. The summed E-state index contributed by atoms with van der Waals surface area (Å²) in [6.45, 7) is 6.73. The fourth-order valence-electron chi connectivity index (χ4n) is 3.84. The maximum Gasteiger partial charge on any atom is 0.254 e. The van der Waals surface area contributed by atoms with E-state index in [1.807, 2.05) is 6.92 Å². The Hall–Kier alpha value is -2.09. The highest BCUT2D eigenvalue weighted by molar-refractivity contribution is 7.91. The number of hydrogen-bond donors (Lipinski definition) is 0. The van der Waals surface area contributed by atoms with Crippen LogP contribution in [0, 0.1) is 5.92 Å². The highest BCUT2D eigenvalue weighted by Crippen LogP contribution is 2.29. The van der Waals surface area contributed by atoms with Crippen LogP contribution >= 0.6 is 0 Å². The van der Waals surface area contributed by atoms with Crippen LogP contribution in [0.15, 0.2) is 24.3 Å². The molecule has 2 fully saturated rings. The first-order valence-corrected chi connectivity index (χ1v) is 11.1. The summed E-state index contributed by atoms with van der Waals surface area (Å²) in [6, 6.07) is 5.89. The summed E-state index contributed by atoms with van der Waals surface area (Å²) >= 11 is 0. The Morgan fingerprint density at radius 2 is 1.63 bits per heavy atom. The first-order chi connectivity index (χ1) is 12.7. The largest absolute Gasteiger partial charge is 0.494 e. The lowest BCUT2D eigenvalue weighted by Gasteiger charge is -2.44. The molecule has 1 aromatic rings. The highest BCUT2D eigenvalue weighted by atomic mass is 32.2. The van der Waals surface area contributed by atoms with E-state index in [1.165, 1.54) is 0 Å². The van der Waals surface area contributed by atoms with E-state index in [9.17, 15) is 18.0 Å². The molecule has 0 bridgehead atoms. The molecule has 2 atom stereocenters. The van der Waals surface area contributed by atoms with Crippen molar-refractivity contribution in [3.05, 3.63) is 29.8 Å². The van der Waals surface area contributed by atoms with Gasteiger partial charge in [0.1, 0.15) is 5.75 Å². The zero-order valence-electron chi connectivity index (χ0n) is 15.9. The zero-order valence-corrected chi connectivity index (χ0v) is 16.7. The number of carbonyl (C=O) groups is 2. The van der Waals surface area contributed by atoms with E-state index in [0.29, 0.717) is 31.0 Å². The van der Waals surface area contributed by atoms with Gasteiger partial charge in [0.15, 0.2) is 9.84 Å². The number of fused-ring (bicyclic) bond motifs is 1. The van der Waals surface area contributed by atoms with Crippen molar-refractivity contribution in [1.29, 1.82) is 0 Å². The molecule has 2 amide bonds. The second kappa shape index (κ2) is 7.50. The Bertz CT molecular complexity index is 819. The smallest absolute Gasteiger partial charge is 0.254 e. The van der Waals surface area contributed by atoms with E-state index in [1.54, 1.807) is 47.9 Å². The fourth-order valence-corrected chi connectivity index (χ4v) is 5.82. The van der Waals surface area contributed by atoms with Crippen molar-refractivity contribution in [2.75, 3.05) is 31.2 Å². The number of carbonyl (C=O) groups excluding carboxylic acids is 2. The maximum atomic E-state index is 13.0. The van der Waals surface area contributed by atoms with Crippen LogP contribution in [-0.2, 0) is 14.6 Å². The number of benzene rings is 1. The van der Waals surface area contributed by atoms with E-state index in [-0.39, 0.29) is 29.2 Å². The average molecular weight is 394 g/mol. The number of sulfone groups is 1. The summed E-state index contributed by atoms with van der Waals surface area (Å²) < 4.78 is 29.9. The van der Waals surface area contributed by atoms with Gasteiger partial charge in [-0.15, -0.1) is 0 Å². The second-order valence-corrected chi connectivity index (χ2v) is 9.51. The van der Waals surface area contributed by atoms with Crippen LogP contribution < -0.4 is 4.74 Å². The van der Waals surface area contributed by atoms with Gasteiger partial charge < -0.3 is 14.5 Å². The topological polar surface area (TPSA) is 84.0 Å². The van der Waals surface area contributed by atoms with Crippen molar-refractivity contribution < 1.29 is 22.7 Å². The van der Waals surface area contributed by atoms with Crippen LogP contribution in [0.2, 0.25) is 0 Å². The standard InChI is InChI=1S/C19H26N2O5S/c1-4-26-15-7-5-14(6-8-15)19(23)21-10-9-20(18(22)13(2)3)16-11-27(24,25)12-17(16)21/h5-8,13,16-17H,4,9-12H2,1-3H3/t16-,17+/m1/s1. The van der Waals surface area contributed by atoms with E-state index in [2.05, 4.69) is 0 Å². The van der Waals surface area contributed by atoms with Gasteiger partial charge >= 0.3 is 0 Å².